The lowest BCUT2D eigenvalue weighted by Gasteiger charge is -2.15. The number of urea groups is 1. The molecule has 3 N–H and O–H groups in total. The first-order valence-corrected chi connectivity index (χ1v) is 8.00. The van der Waals surface area contributed by atoms with Crippen LogP contribution in [0, 0.1) is 0 Å². The van der Waals surface area contributed by atoms with Gasteiger partial charge in [0.2, 0.25) is 0 Å². The van der Waals surface area contributed by atoms with E-state index in [1.54, 1.807) is 36.7 Å². The van der Waals surface area contributed by atoms with Crippen molar-refractivity contribution in [3.63, 3.8) is 0 Å². The zero-order chi connectivity index (χ0) is 16.9. The first-order valence-electron chi connectivity index (χ1n) is 8.00. The molecule has 124 valence electrons. The van der Waals surface area contributed by atoms with Gasteiger partial charge in [0, 0.05) is 29.7 Å². The molecule has 0 aliphatic heterocycles. The molecule has 0 saturated heterocycles. The quantitative estimate of drug-likeness (QED) is 0.791. The minimum absolute atomic E-state index is 0.0696. The first-order chi connectivity index (χ1) is 11.6. The normalized spacial score (nSPS) is 14.5. The van der Waals surface area contributed by atoms with Gasteiger partial charge in [-0.3, -0.25) is 9.78 Å². The smallest absolute Gasteiger partial charge is 0.319 e. The molecule has 6 heteroatoms. The minimum atomic E-state index is -0.297. The summed E-state index contributed by atoms with van der Waals surface area (Å²) < 4.78 is 0. The van der Waals surface area contributed by atoms with Gasteiger partial charge in [-0.15, -0.1) is 0 Å². The number of benzene rings is 1. The number of rotatable bonds is 5. The van der Waals surface area contributed by atoms with Crippen LogP contribution in [0.2, 0.25) is 0 Å². The molecule has 0 spiro atoms. The summed E-state index contributed by atoms with van der Waals surface area (Å²) in [7, 11) is 0. The van der Waals surface area contributed by atoms with E-state index in [1.807, 2.05) is 19.1 Å². The van der Waals surface area contributed by atoms with Crippen molar-refractivity contribution in [1.82, 2.24) is 15.6 Å². The van der Waals surface area contributed by atoms with E-state index in [1.165, 1.54) is 0 Å². The number of nitrogens with zero attached hydrogens (tertiary/aromatic N) is 1. The molecule has 6 nitrogen and oxygen atoms in total. The molecular formula is C18H20N4O2. The van der Waals surface area contributed by atoms with E-state index in [4.69, 9.17) is 0 Å². The molecule has 1 saturated carbocycles. The second kappa shape index (κ2) is 7.12. The van der Waals surface area contributed by atoms with E-state index in [9.17, 15) is 9.59 Å². The summed E-state index contributed by atoms with van der Waals surface area (Å²) in [6, 6.07) is 10.5. The van der Waals surface area contributed by atoms with Gasteiger partial charge < -0.3 is 16.0 Å². The van der Waals surface area contributed by atoms with Crippen LogP contribution in [0.1, 0.15) is 41.7 Å². The maximum absolute atomic E-state index is 12.1. The third kappa shape index (κ3) is 4.32. The van der Waals surface area contributed by atoms with Crippen LogP contribution in [0.5, 0.6) is 0 Å². The molecule has 1 heterocycles. The van der Waals surface area contributed by atoms with Gasteiger partial charge in [-0.2, -0.15) is 0 Å². The summed E-state index contributed by atoms with van der Waals surface area (Å²) in [5.74, 6) is -0.0696. The maximum atomic E-state index is 12.1. The second-order valence-corrected chi connectivity index (χ2v) is 5.93. The predicted octanol–water partition coefficient (Wildman–Crippen LogP) is 2.86. The second-order valence-electron chi connectivity index (χ2n) is 5.93. The van der Waals surface area contributed by atoms with Gasteiger partial charge in [0.15, 0.2) is 0 Å². The van der Waals surface area contributed by atoms with Gasteiger partial charge >= 0.3 is 6.03 Å². The number of amides is 3. The highest BCUT2D eigenvalue weighted by atomic mass is 16.2. The largest absolute Gasteiger partial charge is 0.349 e. The molecule has 1 aromatic carbocycles. The van der Waals surface area contributed by atoms with Crippen molar-refractivity contribution in [2.75, 3.05) is 5.32 Å². The number of hydrogen-bond donors (Lipinski definition) is 3. The molecular weight excluding hydrogens is 304 g/mol. The van der Waals surface area contributed by atoms with Crippen molar-refractivity contribution in [2.45, 2.75) is 31.8 Å². The molecule has 2 aromatic rings. The third-order valence-corrected chi connectivity index (χ3v) is 3.87. The van der Waals surface area contributed by atoms with Crippen LogP contribution in [-0.4, -0.2) is 23.0 Å². The van der Waals surface area contributed by atoms with Crippen LogP contribution in [0.15, 0.2) is 48.8 Å². The summed E-state index contributed by atoms with van der Waals surface area (Å²) in [6.07, 6.45) is 5.50. The number of anilines is 1. The van der Waals surface area contributed by atoms with Crippen LogP contribution >= 0.6 is 0 Å². The molecule has 1 atom stereocenters. The van der Waals surface area contributed by atoms with E-state index >= 15 is 0 Å². The van der Waals surface area contributed by atoms with Gasteiger partial charge in [0.25, 0.3) is 5.91 Å². The number of aromatic nitrogens is 1. The fourth-order valence-electron chi connectivity index (χ4n) is 2.30. The molecule has 1 aromatic heterocycles. The van der Waals surface area contributed by atoms with Crippen LogP contribution < -0.4 is 16.0 Å². The van der Waals surface area contributed by atoms with E-state index < -0.39 is 0 Å². The Balaban J connectivity index is 1.53. The van der Waals surface area contributed by atoms with Crippen molar-refractivity contribution in [2.24, 2.45) is 0 Å². The number of carbonyl (C=O) groups is 2. The monoisotopic (exact) mass is 324 g/mol. The van der Waals surface area contributed by atoms with Crippen molar-refractivity contribution in [1.29, 1.82) is 0 Å². The summed E-state index contributed by atoms with van der Waals surface area (Å²) in [5.41, 5.74) is 2.21. The van der Waals surface area contributed by atoms with E-state index in [-0.39, 0.29) is 18.0 Å². The van der Waals surface area contributed by atoms with Crippen molar-refractivity contribution in [3.8, 4) is 0 Å². The minimum Gasteiger partial charge on any atom is -0.349 e. The van der Waals surface area contributed by atoms with Crippen molar-refractivity contribution in [3.05, 3.63) is 59.9 Å². The molecule has 1 aliphatic carbocycles. The first kappa shape index (κ1) is 16.0. The fourth-order valence-corrected chi connectivity index (χ4v) is 2.30. The Bertz CT molecular complexity index is 712. The number of pyridine rings is 1. The van der Waals surface area contributed by atoms with Gasteiger partial charge in [0.05, 0.1) is 6.04 Å². The lowest BCUT2D eigenvalue weighted by Crippen LogP contribution is -2.31. The molecule has 24 heavy (non-hydrogen) atoms. The lowest BCUT2D eigenvalue weighted by atomic mass is 10.1. The summed E-state index contributed by atoms with van der Waals surface area (Å²) >= 11 is 0. The predicted molar refractivity (Wildman–Crippen MR) is 91.7 cm³/mol. The lowest BCUT2D eigenvalue weighted by molar-refractivity contribution is 0.0951. The molecule has 1 unspecified atom stereocenters. The van der Waals surface area contributed by atoms with Gasteiger partial charge in [0.1, 0.15) is 0 Å². The Morgan fingerprint density at radius 2 is 1.75 bits per heavy atom. The highest BCUT2D eigenvalue weighted by Gasteiger charge is 2.23. The Kier molecular flexibility index (Phi) is 4.74. The Morgan fingerprint density at radius 1 is 1.08 bits per heavy atom. The number of carbonyl (C=O) groups excluding carboxylic acids is 2. The van der Waals surface area contributed by atoms with E-state index in [2.05, 4.69) is 20.9 Å². The number of hydrogen-bond acceptors (Lipinski definition) is 3. The van der Waals surface area contributed by atoms with Crippen LogP contribution in [-0.2, 0) is 0 Å². The van der Waals surface area contributed by atoms with E-state index in [0.29, 0.717) is 17.3 Å². The molecule has 1 fully saturated rings. The van der Waals surface area contributed by atoms with Gasteiger partial charge in [-0.25, -0.2) is 4.79 Å². The molecule has 3 rings (SSSR count). The fraction of sp³-hybridized carbons (Fsp3) is 0.278. The highest BCUT2D eigenvalue weighted by Crippen LogP contribution is 2.19. The van der Waals surface area contributed by atoms with Crippen molar-refractivity contribution < 1.29 is 9.59 Å². The van der Waals surface area contributed by atoms with Crippen LogP contribution in [0.25, 0.3) is 0 Å². The third-order valence-electron chi connectivity index (χ3n) is 3.87. The van der Waals surface area contributed by atoms with Crippen LogP contribution in [0.3, 0.4) is 0 Å². The zero-order valence-corrected chi connectivity index (χ0v) is 13.5. The molecule has 3 amide bonds. The molecule has 0 bridgehead atoms. The summed E-state index contributed by atoms with van der Waals surface area (Å²) in [4.78, 5) is 27.9. The summed E-state index contributed by atoms with van der Waals surface area (Å²) in [6.45, 7) is 1.90. The number of nitrogens with one attached hydrogen (secondary N) is 3. The highest BCUT2D eigenvalue weighted by molar-refractivity contribution is 5.95. The van der Waals surface area contributed by atoms with Gasteiger partial charge in [-0.1, -0.05) is 0 Å². The maximum Gasteiger partial charge on any atom is 0.319 e. The van der Waals surface area contributed by atoms with E-state index in [0.717, 1.165) is 18.4 Å². The molecule has 1 aliphatic rings. The molecule has 0 radical (unpaired) electrons. The Morgan fingerprint density at radius 3 is 2.38 bits per heavy atom. The Labute approximate surface area is 140 Å². The average molecular weight is 324 g/mol. The SMILES string of the molecule is CC(NC(=O)Nc1ccc(C(=O)NC2CC2)cc1)c1ccncc1. The average Bonchev–Trinajstić information content (AvgIpc) is 3.40. The summed E-state index contributed by atoms with van der Waals surface area (Å²) in [5, 5.41) is 8.55. The van der Waals surface area contributed by atoms with Gasteiger partial charge in [-0.05, 0) is 61.7 Å². The van der Waals surface area contributed by atoms with Crippen LogP contribution in [0.4, 0.5) is 10.5 Å². The Hall–Kier alpha value is -2.89. The zero-order valence-electron chi connectivity index (χ0n) is 13.5. The van der Waals surface area contributed by atoms with Crippen molar-refractivity contribution >= 4 is 17.6 Å². The standard InChI is InChI=1S/C18H20N4O2/c1-12(13-8-10-19-11-9-13)20-18(24)22-16-4-2-14(3-5-16)17(23)21-15-6-7-15/h2-5,8-12,15H,6-7H2,1H3,(H,21,23)(H2,20,22,24). The topological polar surface area (TPSA) is 83.1 Å².